The lowest BCUT2D eigenvalue weighted by Gasteiger charge is -2.30. The average Bonchev–Trinajstić information content (AvgIpc) is 2.43. The minimum Gasteiger partial charge on any atom is -0.299 e. The number of benzene rings is 2. The van der Waals surface area contributed by atoms with Gasteiger partial charge in [0.15, 0.2) is 5.78 Å². The topological polar surface area (TPSA) is 20.3 Å². The van der Waals surface area contributed by atoms with Crippen molar-refractivity contribution in [3.05, 3.63) is 70.8 Å². The van der Waals surface area contributed by atoms with Gasteiger partial charge in [0.1, 0.15) is 11.6 Å². The Morgan fingerprint density at radius 3 is 2.57 bits per heavy atom. The molecule has 0 atom stereocenters. The number of hydrogen-bond acceptors (Lipinski definition) is 2. The van der Waals surface area contributed by atoms with E-state index in [-0.39, 0.29) is 5.56 Å². The summed E-state index contributed by atoms with van der Waals surface area (Å²) >= 11 is 0. The molecule has 3 rings (SSSR count). The summed E-state index contributed by atoms with van der Waals surface area (Å²) in [7, 11) is 0. The third kappa shape index (κ3) is 3.00. The minimum absolute atomic E-state index is 0.0995. The first kappa shape index (κ1) is 13.9. The molecule has 1 fully saturated rings. The number of halogens is 2. The Bertz CT molecular complexity index is 680. The van der Waals surface area contributed by atoms with Crippen molar-refractivity contribution in [3.63, 3.8) is 0 Å². The van der Waals surface area contributed by atoms with Crippen LogP contribution in [0.1, 0.15) is 27.9 Å². The Kier molecular flexibility index (Phi) is 3.80. The third-order valence-corrected chi connectivity index (χ3v) is 3.72. The molecule has 4 heteroatoms. The van der Waals surface area contributed by atoms with Crippen molar-refractivity contribution in [2.75, 3.05) is 13.1 Å². The first-order valence-electron chi connectivity index (χ1n) is 6.94. The molecule has 0 amide bonds. The Hall–Kier alpha value is -2.07. The molecule has 2 aromatic rings. The summed E-state index contributed by atoms with van der Waals surface area (Å²) in [5.41, 5.74) is 1.36. The van der Waals surface area contributed by atoms with Gasteiger partial charge in [0.2, 0.25) is 0 Å². The van der Waals surface area contributed by atoms with Crippen LogP contribution in [0.2, 0.25) is 0 Å². The van der Waals surface area contributed by atoms with Crippen LogP contribution in [0.25, 0.3) is 0 Å². The smallest absolute Gasteiger partial charge is 0.195 e. The molecule has 0 aliphatic carbocycles. The maximum atomic E-state index is 13.7. The summed E-state index contributed by atoms with van der Waals surface area (Å²) in [6.45, 7) is 2.95. The normalized spacial score (nSPS) is 14.8. The zero-order valence-electron chi connectivity index (χ0n) is 11.5. The third-order valence-electron chi connectivity index (χ3n) is 3.72. The van der Waals surface area contributed by atoms with E-state index < -0.39 is 17.4 Å². The Morgan fingerprint density at radius 2 is 1.90 bits per heavy atom. The zero-order chi connectivity index (χ0) is 14.8. The van der Waals surface area contributed by atoms with E-state index in [0.717, 1.165) is 37.3 Å². The van der Waals surface area contributed by atoms with Crippen molar-refractivity contribution < 1.29 is 13.6 Å². The first-order valence-corrected chi connectivity index (χ1v) is 6.94. The first-order chi connectivity index (χ1) is 10.1. The molecular weight excluding hydrogens is 272 g/mol. The van der Waals surface area contributed by atoms with Crippen LogP contribution in [0.5, 0.6) is 0 Å². The van der Waals surface area contributed by atoms with Crippen LogP contribution >= 0.6 is 0 Å². The van der Waals surface area contributed by atoms with Gasteiger partial charge in [0.25, 0.3) is 0 Å². The second-order valence-electron chi connectivity index (χ2n) is 5.28. The molecule has 0 N–H and O–H groups in total. The number of nitrogens with zero attached hydrogens (tertiary/aromatic N) is 1. The summed E-state index contributed by atoms with van der Waals surface area (Å²) in [6.07, 6.45) is 1.21. The van der Waals surface area contributed by atoms with Crippen LogP contribution in [0.15, 0.2) is 42.5 Å². The molecule has 1 saturated heterocycles. The van der Waals surface area contributed by atoms with Gasteiger partial charge in [-0.25, -0.2) is 8.78 Å². The van der Waals surface area contributed by atoms with Crippen molar-refractivity contribution in [2.24, 2.45) is 0 Å². The SMILES string of the molecule is O=C(c1cccc(CN2CCC2)c1)c1ccc(F)cc1F. The van der Waals surface area contributed by atoms with Crippen molar-refractivity contribution in [2.45, 2.75) is 13.0 Å². The Balaban J connectivity index is 1.85. The molecule has 2 aromatic carbocycles. The number of hydrogen-bond donors (Lipinski definition) is 0. The van der Waals surface area contributed by atoms with Crippen LogP contribution in [0, 0.1) is 11.6 Å². The molecule has 0 radical (unpaired) electrons. The van der Waals surface area contributed by atoms with Crippen LogP contribution < -0.4 is 0 Å². The predicted octanol–water partition coefficient (Wildman–Crippen LogP) is 3.40. The van der Waals surface area contributed by atoms with E-state index in [1.807, 2.05) is 6.07 Å². The summed E-state index contributed by atoms with van der Waals surface area (Å²) in [6, 6.07) is 10.2. The summed E-state index contributed by atoms with van der Waals surface area (Å²) < 4.78 is 26.6. The van der Waals surface area contributed by atoms with E-state index >= 15 is 0 Å². The van der Waals surface area contributed by atoms with Crippen LogP contribution in [-0.2, 0) is 6.54 Å². The lowest BCUT2D eigenvalue weighted by molar-refractivity contribution is 0.103. The minimum atomic E-state index is -0.826. The fourth-order valence-corrected chi connectivity index (χ4v) is 2.44. The van der Waals surface area contributed by atoms with Gasteiger partial charge in [-0.05, 0) is 43.3 Å². The second kappa shape index (κ2) is 5.74. The monoisotopic (exact) mass is 287 g/mol. The van der Waals surface area contributed by atoms with E-state index in [4.69, 9.17) is 0 Å². The number of ketones is 1. The number of rotatable bonds is 4. The van der Waals surface area contributed by atoms with E-state index in [9.17, 15) is 13.6 Å². The molecule has 2 nitrogen and oxygen atoms in total. The number of carbonyl (C=O) groups excluding carboxylic acids is 1. The molecule has 0 unspecified atom stereocenters. The molecule has 1 aliphatic rings. The van der Waals surface area contributed by atoms with Gasteiger partial charge in [0.05, 0.1) is 5.56 Å². The van der Waals surface area contributed by atoms with Gasteiger partial charge in [0, 0.05) is 18.2 Å². The predicted molar refractivity (Wildman–Crippen MR) is 76.1 cm³/mol. The van der Waals surface area contributed by atoms with Crippen LogP contribution in [-0.4, -0.2) is 23.8 Å². The average molecular weight is 287 g/mol. The fraction of sp³-hybridized carbons (Fsp3) is 0.235. The lowest BCUT2D eigenvalue weighted by atomic mass is 10.0. The largest absolute Gasteiger partial charge is 0.299 e. The van der Waals surface area contributed by atoms with Gasteiger partial charge in [-0.15, -0.1) is 0 Å². The van der Waals surface area contributed by atoms with Crippen molar-refractivity contribution in [1.29, 1.82) is 0 Å². The van der Waals surface area contributed by atoms with Crippen LogP contribution in [0.4, 0.5) is 8.78 Å². The Morgan fingerprint density at radius 1 is 1.10 bits per heavy atom. The van der Waals surface area contributed by atoms with Gasteiger partial charge in [-0.1, -0.05) is 18.2 Å². The highest BCUT2D eigenvalue weighted by Crippen LogP contribution is 2.18. The molecule has 21 heavy (non-hydrogen) atoms. The van der Waals surface area contributed by atoms with Crippen molar-refractivity contribution in [1.82, 2.24) is 4.90 Å². The molecule has 1 aliphatic heterocycles. The molecular formula is C17H15F2NO. The highest BCUT2D eigenvalue weighted by Gasteiger charge is 2.17. The number of carbonyl (C=O) groups is 1. The standard InChI is InChI=1S/C17H15F2NO/c18-14-5-6-15(16(19)10-14)17(21)13-4-1-3-12(9-13)11-20-7-2-8-20/h1,3-6,9-10H,2,7-8,11H2. The van der Waals surface area contributed by atoms with Crippen molar-refractivity contribution in [3.8, 4) is 0 Å². The summed E-state index contributed by atoms with van der Waals surface area (Å²) in [4.78, 5) is 14.6. The van der Waals surface area contributed by atoms with Gasteiger partial charge in [-0.3, -0.25) is 9.69 Å². The lowest BCUT2D eigenvalue weighted by Crippen LogP contribution is -2.36. The van der Waals surface area contributed by atoms with E-state index in [0.29, 0.717) is 5.56 Å². The quantitative estimate of drug-likeness (QED) is 0.803. The fourth-order valence-electron chi connectivity index (χ4n) is 2.44. The van der Waals surface area contributed by atoms with E-state index in [1.54, 1.807) is 18.2 Å². The molecule has 0 aromatic heterocycles. The van der Waals surface area contributed by atoms with Gasteiger partial charge >= 0.3 is 0 Å². The summed E-state index contributed by atoms with van der Waals surface area (Å²) in [5.74, 6) is -1.93. The molecule has 1 heterocycles. The number of likely N-dealkylation sites (tertiary alicyclic amines) is 1. The zero-order valence-corrected chi connectivity index (χ0v) is 11.5. The van der Waals surface area contributed by atoms with E-state index in [2.05, 4.69) is 4.90 Å². The highest BCUT2D eigenvalue weighted by atomic mass is 19.1. The molecule has 0 spiro atoms. The molecule has 108 valence electrons. The molecule has 0 saturated carbocycles. The maximum Gasteiger partial charge on any atom is 0.195 e. The molecule has 0 bridgehead atoms. The Labute approximate surface area is 122 Å². The van der Waals surface area contributed by atoms with E-state index in [1.165, 1.54) is 12.5 Å². The van der Waals surface area contributed by atoms with Gasteiger partial charge in [-0.2, -0.15) is 0 Å². The second-order valence-corrected chi connectivity index (χ2v) is 5.28. The van der Waals surface area contributed by atoms with Crippen molar-refractivity contribution >= 4 is 5.78 Å². The maximum absolute atomic E-state index is 13.7. The van der Waals surface area contributed by atoms with Gasteiger partial charge < -0.3 is 0 Å². The van der Waals surface area contributed by atoms with Crippen LogP contribution in [0.3, 0.4) is 0 Å². The summed E-state index contributed by atoms with van der Waals surface area (Å²) in [5, 5.41) is 0. The highest BCUT2D eigenvalue weighted by molar-refractivity contribution is 6.09.